The largest absolute Gasteiger partial charge is 0.481 e. The van der Waals surface area contributed by atoms with E-state index in [0.29, 0.717) is 24.4 Å². The summed E-state index contributed by atoms with van der Waals surface area (Å²) < 4.78 is 5.08. The number of rotatable bonds is 2. The van der Waals surface area contributed by atoms with Crippen LogP contribution >= 0.6 is 0 Å². The summed E-state index contributed by atoms with van der Waals surface area (Å²) in [5.74, 6) is 0.509. The highest BCUT2D eigenvalue weighted by atomic mass is 16.5. The highest BCUT2D eigenvalue weighted by Crippen LogP contribution is 2.32. The molecule has 0 saturated carbocycles. The number of methoxy groups -OCH3 is 1. The zero-order valence-electron chi connectivity index (χ0n) is 12.3. The van der Waals surface area contributed by atoms with Gasteiger partial charge in [-0.05, 0) is 18.9 Å². The van der Waals surface area contributed by atoms with Gasteiger partial charge >= 0.3 is 0 Å². The lowest BCUT2D eigenvalue weighted by Gasteiger charge is -2.28. The van der Waals surface area contributed by atoms with E-state index in [4.69, 9.17) is 4.74 Å². The van der Waals surface area contributed by atoms with Crippen molar-refractivity contribution in [3.8, 4) is 5.88 Å². The van der Waals surface area contributed by atoms with E-state index in [1.165, 1.54) is 7.11 Å². The van der Waals surface area contributed by atoms with Crippen molar-refractivity contribution in [1.82, 2.24) is 14.8 Å². The van der Waals surface area contributed by atoms with E-state index in [-0.39, 0.29) is 23.9 Å². The molecule has 6 heteroatoms. The number of ether oxygens (including phenoxy) is 1. The molecular weight excluding hydrogens is 270 g/mol. The average Bonchev–Trinajstić information content (AvgIpc) is 2.83. The predicted molar refractivity (Wildman–Crippen MR) is 76.0 cm³/mol. The van der Waals surface area contributed by atoms with Crippen LogP contribution in [0.2, 0.25) is 0 Å². The second-order valence-electron chi connectivity index (χ2n) is 5.66. The van der Waals surface area contributed by atoms with E-state index < -0.39 is 0 Å². The number of likely N-dealkylation sites (N-methyl/N-ethyl adjacent to an activating group) is 1. The summed E-state index contributed by atoms with van der Waals surface area (Å²) in [4.78, 5) is 32.4. The minimum absolute atomic E-state index is 0.0131. The Bertz CT molecular complexity index is 575. The molecule has 2 bridgehead atoms. The molecule has 112 valence electrons. The normalized spacial score (nSPS) is 25.0. The lowest BCUT2D eigenvalue weighted by atomic mass is 10.1. The summed E-state index contributed by atoms with van der Waals surface area (Å²) in [5, 5.41) is 0. The molecule has 1 aromatic rings. The van der Waals surface area contributed by atoms with Crippen LogP contribution in [0.1, 0.15) is 29.6 Å². The van der Waals surface area contributed by atoms with Gasteiger partial charge < -0.3 is 14.5 Å². The van der Waals surface area contributed by atoms with Crippen LogP contribution in [0.4, 0.5) is 0 Å². The first-order valence-corrected chi connectivity index (χ1v) is 7.17. The number of hydrogen-bond acceptors (Lipinski definition) is 4. The molecule has 0 N–H and O–H groups in total. The van der Waals surface area contributed by atoms with Gasteiger partial charge in [0.15, 0.2) is 0 Å². The summed E-state index contributed by atoms with van der Waals surface area (Å²) in [6.45, 7) is 0.614. The summed E-state index contributed by atoms with van der Waals surface area (Å²) in [6, 6.07) is 3.47. The van der Waals surface area contributed by atoms with Crippen molar-refractivity contribution in [2.24, 2.45) is 0 Å². The van der Waals surface area contributed by atoms with Crippen LogP contribution < -0.4 is 4.74 Å². The highest BCUT2D eigenvalue weighted by Gasteiger charge is 2.42. The van der Waals surface area contributed by atoms with E-state index in [9.17, 15) is 9.59 Å². The van der Waals surface area contributed by atoms with E-state index >= 15 is 0 Å². The lowest BCUT2D eigenvalue weighted by molar-refractivity contribution is -0.130. The molecular formula is C15H19N3O3. The highest BCUT2D eigenvalue weighted by molar-refractivity contribution is 5.95. The van der Waals surface area contributed by atoms with E-state index in [1.54, 1.807) is 30.3 Å². The molecule has 0 unspecified atom stereocenters. The first-order chi connectivity index (χ1) is 10.1. The molecule has 2 fully saturated rings. The van der Waals surface area contributed by atoms with Gasteiger partial charge in [-0.1, -0.05) is 0 Å². The van der Waals surface area contributed by atoms with Gasteiger partial charge in [0.05, 0.1) is 7.11 Å². The summed E-state index contributed by atoms with van der Waals surface area (Å²) >= 11 is 0. The van der Waals surface area contributed by atoms with E-state index in [0.717, 1.165) is 12.8 Å². The fourth-order valence-electron chi connectivity index (χ4n) is 3.25. The fraction of sp³-hybridized carbons (Fsp3) is 0.533. The Hall–Kier alpha value is -2.11. The molecule has 1 aromatic heterocycles. The number of carbonyl (C=O) groups is 2. The van der Waals surface area contributed by atoms with Gasteiger partial charge in [-0.3, -0.25) is 9.59 Å². The van der Waals surface area contributed by atoms with Crippen LogP contribution in [0, 0.1) is 0 Å². The van der Waals surface area contributed by atoms with Crippen LogP contribution in [0.3, 0.4) is 0 Å². The SMILES string of the molecule is COc1cc(C(=O)N2[C@@H]3CC[C@H]2CN(C)C(=O)C3)ccn1. The smallest absolute Gasteiger partial charge is 0.254 e. The molecule has 3 rings (SSSR count). The van der Waals surface area contributed by atoms with Gasteiger partial charge in [-0.25, -0.2) is 4.98 Å². The van der Waals surface area contributed by atoms with Gasteiger partial charge in [0, 0.05) is 49.9 Å². The predicted octanol–water partition coefficient (Wildman–Crippen LogP) is 0.925. The molecule has 0 spiro atoms. The van der Waals surface area contributed by atoms with Gasteiger partial charge in [0.1, 0.15) is 0 Å². The Balaban J connectivity index is 1.88. The number of pyridine rings is 1. The van der Waals surface area contributed by atoms with Crippen molar-refractivity contribution in [3.63, 3.8) is 0 Å². The summed E-state index contributed by atoms with van der Waals surface area (Å²) in [6.07, 6.45) is 3.85. The number of amides is 2. The quantitative estimate of drug-likeness (QED) is 0.812. The molecule has 0 radical (unpaired) electrons. The molecule has 0 aromatic carbocycles. The number of likely N-dealkylation sites (tertiary alicyclic amines) is 1. The maximum atomic E-state index is 12.8. The first-order valence-electron chi connectivity index (χ1n) is 7.17. The minimum Gasteiger partial charge on any atom is -0.481 e. The minimum atomic E-state index is -0.0358. The molecule has 3 heterocycles. The Morgan fingerprint density at radius 1 is 1.38 bits per heavy atom. The lowest BCUT2D eigenvalue weighted by Crippen LogP contribution is -2.42. The van der Waals surface area contributed by atoms with Crippen molar-refractivity contribution >= 4 is 11.8 Å². The van der Waals surface area contributed by atoms with Crippen molar-refractivity contribution in [2.75, 3.05) is 20.7 Å². The fourth-order valence-corrected chi connectivity index (χ4v) is 3.25. The third-order valence-corrected chi connectivity index (χ3v) is 4.37. The zero-order chi connectivity index (χ0) is 15.0. The van der Waals surface area contributed by atoms with Crippen LogP contribution in [0.25, 0.3) is 0 Å². The van der Waals surface area contributed by atoms with Gasteiger partial charge in [-0.2, -0.15) is 0 Å². The van der Waals surface area contributed by atoms with Crippen molar-refractivity contribution in [2.45, 2.75) is 31.3 Å². The Morgan fingerprint density at radius 3 is 2.90 bits per heavy atom. The van der Waals surface area contributed by atoms with Crippen molar-refractivity contribution < 1.29 is 14.3 Å². The Morgan fingerprint density at radius 2 is 2.14 bits per heavy atom. The molecule has 2 aliphatic heterocycles. The van der Waals surface area contributed by atoms with Crippen LogP contribution in [-0.2, 0) is 4.79 Å². The maximum absolute atomic E-state index is 12.8. The molecule has 2 saturated heterocycles. The molecule has 6 nitrogen and oxygen atoms in total. The van der Waals surface area contributed by atoms with Crippen molar-refractivity contribution in [3.05, 3.63) is 23.9 Å². The Labute approximate surface area is 123 Å². The molecule has 2 atom stereocenters. The van der Waals surface area contributed by atoms with Crippen LogP contribution in [0.15, 0.2) is 18.3 Å². The molecule has 0 aliphatic carbocycles. The second-order valence-corrected chi connectivity index (χ2v) is 5.66. The Kier molecular flexibility index (Phi) is 3.53. The number of nitrogens with zero attached hydrogens (tertiary/aromatic N) is 3. The van der Waals surface area contributed by atoms with Gasteiger partial charge in [0.25, 0.3) is 5.91 Å². The first kappa shape index (κ1) is 13.9. The topological polar surface area (TPSA) is 62.7 Å². The third kappa shape index (κ3) is 2.46. The number of fused-ring (bicyclic) bond motifs is 2. The molecule has 2 amide bonds. The van der Waals surface area contributed by atoms with Gasteiger partial charge in [0.2, 0.25) is 11.8 Å². The average molecular weight is 289 g/mol. The zero-order valence-corrected chi connectivity index (χ0v) is 12.3. The standard InChI is InChI=1S/C15H19N3O3/c1-17-9-12-4-3-11(8-14(17)19)18(12)15(20)10-5-6-16-13(7-10)21-2/h5-7,11-12H,3-4,8-9H2,1-2H3/t11-,12+/m1/s1. The number of hydrogen-bond donors (Lipinski definition) is 0. The van der Waals surface area contributed by atoms with E-state index in [1.807, 2.05) is 4.90 Å². The van der Waals surface area contributed by atoms with E-state index in [2.05, 4.69) is 4.98 Å². The van der Waals surface area contributed by atoms with Crippen LogP contribution in [-0.4, -0.2) is 59.4 Å². The monoisotopic (exact) mass is 289 g/mol. The summed E-state index contributed by atoms with van der Waals surface area (Å²) in [7, 11) is 3.33. The van der Waals surface area contributed by atoms with Crippen LogP contribution in [0.5, 0.6) is 5.88 Å². The maximum Gasteiger partial charge on any atom is 0.254 e. The number of aromatic nitrogens is 1. The van der Waals surface area contributed by atoms with Crippen molar-refractivity contribution in [1.29, 1.82) is 0 Å². The molecule has 21 heavy (non-hydrogen) atoms. The second kappa shape index (κ2) is 5.35. The third-order valence-electron chi connectivity index (χ3n) is 4.37. The molecule has 2 aliphatic rings. The summed E-state index contributed by atoms with van der Waals surface area (Å²) in [5.41, 5.74) is 0.566. The van der Waals surface area contributed by atoms with Gasteiger partial charge in [-0.15, -0.1) is 0 Å². The number of carbonyl (C=O) groups excluding carboxylic acids is 2.